The second kappa shape index (κ2) is 31.6. The monoisotopic (exact) mass is 700 g/mol. The molecule has 9 heteroatoms. The number of ether oxygens (including phenoxy) is 2. The van der Waals surface area contributed by atoms with Gasteiger partial charge in [0.05, 0.1) is 25.4 Å². The number of allylic oxidation sites excluding steroid dienone is 1. The molecular weight excluding hydrogens is 622 g/mol. The largest absolute Gasteiger partial charge is 0.394 e. The van der Waals surface area contributed by atoms with E-state index < -0.39 is 49.5 Å². The first-order chi connectivity index (χ1) is 23.8. The fourth-order valence-electron chi connectivity index (χ4n) is 6.51. The van der Waals surface area contributed by atoms with E-state index in [1.807, 2.05) is 6.08 Å². The van der Waals surface area contributed by atoms with E-state index in [4.69, 9.17) is 9.47 Å². The minimum absolute atomic E-state index is 0.177. The molecule has 0 bridgehead atoms. The third-order valence-corrected chi connectivity index (χ3v) is 9.86. The van der Waals surface area contributed by atoms with Crippen LogP contribution in [0.1, 0.15) is 181 Å². The summed E-state index contributed by atoms with van der Waals surface area (Å²) < 4.78 is 11.2. The summed E-state index contributed by atoms with van der Waals surface area (Å²) >= 11 is 0. The second-order valence-corrected chi connectivity index (χ2v) is 14.4. The summed E-state index contributed by atoms with van der Waals surface area (Å²) in [5, 5.41) is 53.9. The van der Waals surface area contributed by atoms with Gasteiger partial charge in [-0.3, -0.25) is 4.79 Å². The van der Waals surface area contributed by atoms with Crippen LogP contribution in [0.3, 0.4) is 0 Å². The van der Waals surface area contributed by atoms with Crippen LogP contribution in [0.2, 0.25) is 0 Å². The van der Waals surface area contributed by atoms with Gasteiger partial charge in [-0.2, -0.15) is 0 Å². The Morgan fingerprint density at radius 1 is 0.673 bits per heavy atom. The van der Waals surface area contributed by atoms with Crippen LogP contribution in [-0.2, 0) is 14.3 Å². The number of hydrogen-bond acceptors (Lipinski definition) is 8. The molecule has 1 rings (SSSR count). The molecule has 1 aliphatic rings. The van der Waals surface area contributed by atoms with Gasteiger partial charge in [-0.05, 0) is 19.3 Å². The van der Waals surface area contributed by atoms with Crippen LogP contribution in [0.25, 0.3) is 0 Å². The second-order valence-electron chi connectivity index (χ2n) is 14.4. The van der Waals surface area contributed by atoms with E-state index in [2.05, 4.69) is 19.2 Å². The highest BCUT2D eigenvalue weighted by atomic mass is 16.7. The molecule has 9 nitrogen and oxygen atoms in total. The van der Waals surface area contributed by atoms with Crippen molar-refractivity contribution >= 4 is 5.91 Å². The van der Waals surface area contributed by atoms with Crippen molar-refractivity contribution in [1.82, 2.24) is 5.32 Å². The first-order valence-electron chi connectivity index (χ1n) is 20.4. The Bertz CT molecular complexity index is 781. The van der Waals surface area contributed by atoms with Crippen LogP contribution in [0.15, 0.2) is 12.2 Å². The lowest BCUT2D eigenvalue weighted by atomic mass is 9.99. The summed E-state index contributed by atoms with van der Waals surface area (Å²) in [6.45, 7) is 3.75. The fraction of sp³-hybridized carbons (Fsp3) is 0.925. The molecule has 1 amide bonds. The molecule has 0 aromatic carbocycles. The zero-order valence-electron chi connectivity index (χ0n) is 31.5. The lowest BCUT2D eigenvalue weighted by molar-refractivity contribution is -0.302. The number of hydrogen-bond donors (Lipinski definition) is 6. The molecule has 0 aromatic rings. The minimum atomic E-state index is -1.56. The van der Waals surface area contributed by atoms with Crippen molar-refractivity contribution in [3.05, 3.63) is 12.2 Å². The smallest absolute Gasteiger partial charge is 0.220 e. The van der Waals surface area contributed by atoms with Gasteiger partial charge in [-0.25, -0.2) is 0 Å². The first-order valence-corrected chi connectivity index (χ1v) is 20.4. The van der Waals surface area contributed by atoms with Crippen molar-refractivity contribution in [3.63, 3.8) is 0 Å². The van der Waals surface area contributed by atoms with E-state index >= 15 is 0 Å². The maximum absolute atomic E-state index is 12.9. The molecule has 0 spiro atoms. The number of unbranched alkanes of at least 4 members (excludes halogenated alkanes) is 23. The Labute approximate surface area is 299 Å². The average molecular weight is 700 g/mol. The molecule has 1 fully saturated rings. The molecule has 0 radical (unpaired) electrons. The van der Waals surface area contributed by atoms with Crippen molar-refractivity contribution in [2.45, 2.75) is 224 Å². The Kier molecular flexibility index (Phi) is 29.7. The molecule has 1 aliphatic heterocycles. The van der Waals surface area contributed by atoms with E-state index in [0.717, 1.165) is 38.5 Å². The highest BCUT2D eigenvalue weighted by Crippen LogP contribution is 2.22. The van der Waals surface area contributed by atoms with Gasteiger partial charge in [-0.15, -0.1) is 0 Å². The van der Waals surface area contributed by atoms with Crippen LogP contribution >= 0.6 is 0 Å². The molecule has 0 aromatic heterocycles. The van der Waals surface area contributed by atoms with Crippen LogP contribution in [0.4, 0.5) is 0 Å². The third kappa shape index (κ3) is 23.2. The van der Waals surface area contributed by atoms with E-state index in [9.17, 15) is 30.3 Å². The van der Waals surface area contributed by atoms with Crippen LogP contribution in [-0.4, -0.2) is 87.5 Å². The Morgan fingerprint density at radius 3 is 1.59 bits per heavy atom. The molecule has 6 N–H and O–H groups in total. The van der Waals surface area contributed by atoms with E-state index in [1.165, 1.54) is 122 Å². The minimum Gasteiger partial charge on any atom is -0.394 e. The predicted octanol–water partition coefficient (Wildman–Crippen LogP) is 7.39. The molecule has 7 atom stereocenters. The summed E-state index contributed by atoms with van der Waals surface area (Å²) in [5.74, 6) is -0.177. The van der Waals surface area contributed by atoms with E-state index in [1.54, 1.807) is 6.08 Å². The van der Waals surface area contributed by atoms with Crippen LogP contribution in [0, 0.1) is 0 Å². The molecule has 0 saturated carbocycles. The number of aliphatic hydroxyl groups excluding tert-OH is 5. The van der Waals surface area contributed by atoms with Gasteiger partial charge in [0.1, 0.15) is 24.4 Å². The number of rotatable bonds is 33. The van der Waals surface area contributed by atoms with Crippen molar-refractivity contribution in [3.8, 4) is 0 Å². The zero-order chi connectivity index (χ0) is 36.0. The summed E-state index contributed by atoms with van der Waals surface area (Å²) in [7, 11) is 0. The Balaban J connectivity index is 2.42. The van der Waals surface area contributed by atoms with Crippen molar-refractivity contribution in [2.24, 2.45) is 0 Å². The first kappa shape index (κ1) is 46.0. The summed E-state index contributed by atoms with van der Waals surface area (Å²) in [4.78, 5) is 12.9. The topological polar surface area (TPSA) is 149 Å². The average Bonchev–Trinajstić information content (AvgIpc) is 3.10. The molecule has 290 valence electrons. The van der Waals surface area contributed by atoms with Crippen LogP contribution < -0.4 is 5.32 Å². The summed E-state index contributed by atoms with van der Waals surface area (Å²) in [6, 6.07) is -0.796. The molecule has 0 aliphatic carbocycles. The zero-order valence-corrected chi connectivity index (χ0v) is 31.5. The number of carbonyl (C=O) groups excluding carboxylic acids is 1. The Hall–Kier alpha value is -1.07. The van der Waals surface area contributed by atoms with Crippen molar-refractivity contribution < 1.29 is 39.8 Å². The van der Waals surface area contributed by atoms with Gasteiger partial charge in [0, 0.05) is 6.42 Å². The van der Waals surface area contributed by atoms with Gasteiger partial charge >= 0.3 is 0 Å². The predicted molar refractivity (Wildman–Crippen MR) is 198 cm³/mol. The van der Waals surface area contributed by atoms with Gasteiger partial charge in [0.2, 0.25) is 5.91 Å². The van der Waals surface area contributed by atoms with E-state index in [0.29, 0.717) is 6.42 Å². The maximum Gasteiger partial charge on any atom is 0.220 e. The highest BCUT2D eigenvalue weighted by Gasteiger charge is 2.44. The molecule has 1 saturated heterocycles. The maximum atomic E-state index is 12.9. The molecule has 2 unspecified atom stereocenters. The normalized spacial score (nSPS) is 22.5. The standard InChI is InChI=1S/C40H77NO8/c1-3-5-7-9-11-13-15-17-18-20-22-24-26-28-30-36(44)41-33(32-48-40-39(47)38(46)37(45)35(31-42)49-40)34(43)29-27-25-23-21-19-16-14-12-10-8-6-4-2/h27,29,33-35,37-40,42-43,45-47H,3-26,28,30-32H2,1-2H3,(H,41,44)/b29-27+/t33-,34+,35-,37-,38?,39?,40-/m0/s1. The van der Waals surface area contributed by atoms with E-state index in [-0.39, 0.29) is 12.5 Å². The number of aliphatic hydroxyl groups is 5. The van der Waals surface area contributed by atoms with Gasteiger partial charge < -0.3 is 40.3 Å². The SMILES string of the molecule is CCCCCCCCCCCC/C=C/[C@@H](O)[C@H](CO[C@H]1O[C@@H](CO)[C@H](O)C(O)C1O)NC(=O)CCCCCCCCCCCCCCCC. The molecular formula is C40H77NO8. The lowest BCUT2D eigenvalue weighted by Crippen LogP contribution is -2.60. The van der Waals surface area contributed by atoms with Crippen LogP contribution in [0.5, 0.6) is 0 Å². The van der Waals surface area contributed by atoms with Gasteiger partial charge in [-0.1, -0.05) is 167 Å². The summed E-state index contributed by atoms with van der Waals surface area (Å²) in [5.41, 5.74) is 0. The van der Waals surface area contributed by atoms with Gasteiger partial charge in [0.15, 0.2) is 6.29 Å². The third-order valence-electron chi connectivity index (χ3n) is 9.86. The Morgan fingerprint density at radius 2 is 1.12 bits per heavy atom. The number of amides is 1. The molecule has 1 heterocycles. The fourth-order valence-corrected chi connectivity index (χ4v) is 6.51. The lowest BCUT2D eigenvalue weighted by Gasteiger charge is -2.40. The summed E-state index contributed by atoms with van der Waals surface area (Å²) in [6.07, 6.45) is 26.8. The highest BCUT2D eigenvalue weighted by molar-refractivity contribution is 5.76. The molecule has 49 heavy (non-hydrogen) atoms. The van der Waals surface area contributed by atoms with Gasteiger partial charge in [0.25, 0.3) is 0 Å². The number of carbonyl (C=O) groups is 1. The van der Waals surface area contributed by atoms with Crippen molar-refractivity contribution in [1.29, 1.82) is 0 Å². The quantitative estimate of drug-likeness (QED) is 0.0307. The van der Waals surface area contributed by atoms with Crippen molar-refractivity contribution in [2.75, 3.05) is 13.2 Å². The number of nitrogens with one attached hydrogen (secondary N) is 1.